The van der Waals surface area contributed by atoms with Crippen LogP contribution in [0.4, 0.5) is 5.69 Å². The number of benzene rings is 6. The average molecular weight is 1810 g/mol. The number of hydrogen-bond donors (Lipinski definition) is 14. The second-order valence-corrected chi connectivity index (χ2v) is 34.1. The number of primary amides is 1. The maximum atomic E-state index is 15.5. The van der Waals surface area contributed by atoms with E-state index >= 15 is 38.4 Å². The van der Waals surface area contributed by atoms with E-state index in [1.54, 1.807) is 128 Å². The number of carboxylic acids is 2. The molecule has 0 aliphatic carbocycles. The number of carbonyl (C=O) groups excluding carboxylic acids is 15. The SMILES string of the molecule is CCCC[C@H]1C(=O)N(C)CC(=O)N[C@@H](CC(=O)O)C(=O)N[C@@H](C(C)C)C(=O)N(C)[C@@H](Cc2ccccc2)C(=O)N[C@H]2Cc3ccc(O)cc3N(CC(=O)N[C@@H](Cc3csc4ccccc34)C(=O)N[C@@H](Cc3ccc(O)cc3)C(=O)N[C@@H](CCC(=O)O)C(=O)N[C@H](C(=O)NCC(N)=O)CSCC(=O)N[C@@H](Cc3ccccc3)C(=O)N(C)[C@@H](Cc3ccccc3)C(=O)N1C)C2=O. The first-order valence-electron chi connectivity index (χ1n) is 42.0. The van der Waals surface area contributed by atoms with Crippen molar-refractivity contribution in [2.75, 3.05) is 64.2 Å². The number of nitrogens with zero attached hydrogens (tertiary/aromatic N) is 5. The highest BCUT2D eigenvalue weighted by atomic mass is 32.2. The number of aliphatic carboxylic acids is 2. The van der Waals surface area contributed by atoms with E-state index in [-0.39, 0.29) is 55.7 Å². The van der Waals surface area contributed by atoms with Crippen LogP contribution >= 0.6 is 23.1 Å². The van der Waals surface area contributed by atoms with Gasteiger partial charge < -0.3 is 98.5 Å². The van der Waals surface area contributed by atoms with Crippen LogP contribution in [0, 0.1) is 5.92 Å². The molecule has 3 heterocycles. The normalized spacial score (nSPS) is 22.1. The minimum absolute atomic E-state index is 0.00829. The number of nitrogens with one attached hydrogen (secondary N) is 9. The van der Waals surface area contributed by atoms with Crippen molar-refractivity contribution >= 4 is 139 Å². The Morgan fingerprint density at radius 1 is 0.496 bits per heavy atom. The molecule has 1 aromatic heterocycles. The van der Waals surface area contributed by atoms with Gasteiger partial charge >= 0.3 is 11.9 Å². The molecule has 15 amide bonds. The summed E-state index contributed by atoms with van der Waals surface area (Å²) in [6.07, 6.45) is -3.15. The van der Waals surface area contributed by atoms with E-state index in [1.807, 2.05) is 13.0 Å². The van der Waals surface area contributed by atoms with E-state index in [0.29, 0.717) is 51.6 Å². The lowest BCUT2D eigenvalue weighted by Crippen LogP contribution is -2.62. The van der Waals surface area contributed by atoms with Gasteiger partial charge in [0.15, 0.2) is 0 Å². The Morgan fingerprint density at radius 3 is 1.64 bits per heavy atom. The number of aromatic hydroxyl groups is 2. The Bertz CT molecular complexity index is 5220. The summed E-state index contributed by atoms with van der Waals surface area (Å²) in [6.45, 7) is 2.44. The number of carbonyl (C=O) groups is 17. The zero-order chi connectivity index (χ0) is 93.9. The van der Waals surface area contributed by atoms with Crippen LogP contribution in [0.3, 0.4) is 0 Å². The molecule has 2 aliphatic heterocycles. The molecule has 686 valence electrons. The van der Waals surface area contributed by atoms with Crippen LogP contribution in [0.15, 0.2) is 163 Å². The number of likely N-dealkylation sites (N-methyl/N-ethyl adjacent to an activating group) is 4. The minimum atomic E-state index is -1.91. The summed E-state index contributed by atoms with van der Waals surface area (Å²) in [6, 6.07) is 24.2. The third-order valence-corrected chi connectivity index (χ3v) is 24.2. The molecule has 129 heavy (non-hydrogen) atoms. The molecule has 1 saturated heterocycles. The summed E-state index contributed by atoms with van der Waals surface area (Å²) in [5.41, 5.74) is 8.20. The van der Waals surface area contributed by atoms with Gasteiger partial charge in [-0.05, 0) is 87.2 Å². The van der Waals surface area contributed by atoms with E-state index in [2.05, 4.69) is 47.9 Å². The first-order valence-corrected chi connectivity index (χ1v) is 44.0. The van der Waals surface area contributed by atoms with Crippen molar-refractivity contribution in [1.82, 2.24) is 67.5 Å². The number of anilines is 1. The van der Waals surface area contributed by atoms with E-state index in [0.717, 1.165) is 41.0 Å². The summed E-state index contributed by atoms with van der Waals surface area (Å²) in [4.78, 5) is 252. The van der Waals surface area contributed by atoms with Gasteiger partial charge in [-0.25, -0.2) is 0 Å². The molecule has 15 N–H and O–H groups in total. The molecule has 11 atom stereocenters. The minimum Gasteiger partial charge on any atom is -0.508 e. The molecule has 2 aliphatic rings. The van der Waals surface area contributed by atoms with Gasteiger partial charge in [-0.15, -0.1) is 23.1 Å². The number of thioether (sulfide) groups is 1. The molecule has 2 bridgehead atoms. The predicted octanol–water partition coefficient (Wildman–Crippen LogP) is 1.77. The maximum Gasteiger partial charge on any atom is 0.305 e. The zero-order valence-corrected chi connectivity index (χ0v) is 74.0. The predicted molar refractivity (Wildman–Crippen MR) is 478 cm³/mol. The summed E-state index contributed by atoms with van der Waals surface area (Å²) >= 11 is 2.05. The maximum absolute atomic E-state index is 15.5. The first kappa shape index (κ1) is 99.0. The highest BCUT2D eigenvalue weighted by molar-refractivity contribution is 8.00. The molecule has 7 aromatic rings. The highest BCUT2D eigenvalue weighted by Crippen LogP contribution is 2.33. The van der Waals surface area contributed by atoms with Crippen LogP contribution in [-0.4, -0.2) is 266 Å². The number of thiophene rings is 1. The molecule has 0 saturated carbocycles. The molecule has 9 rings (SSSR count). The lowest BCUT2D eigenvalue weighted by Gasteiger charge is -2.37. The van der Waals surface area contributed by atoms with Crippen LogP contribution < -0.4 is 58.5 Å². The third kappa shape index (κ3) is 28.4. The smallest absolute Gasteiger partial charge is 0.305 e. The van der Waals surface area contributed by atoms with Crippen LogP contribution in [0.1, 0.15) is 92.7 Å². The highest BCUT2D eigenvalue weighted by Gasteiger charge is 2.44. The Hall–Kier alpha value is -13.8. The van der Waals surface area contributed by atoms with Crippen molar-refractivity contribution in [3.05, 3.63) is 196 Å². The summed E-state index contributed by atoms with van der Waals surface area (Å²) < 4.78 is 0.771. The fraction of sp³-hybridized carbons (Fsp3) is 0.396. The Balaban J connectivity index is 1.12. The average Bonchev–Trinajstić information content (AvgIpc) is 1.20. The van der Waals surface area contributed by atoms with Gasteiger partial charge in [-0.3, -0.25) is 81.5 Å². The van der Waals surface area contributed by atoms with Crippen LogP contribution in [0.5, 0.6) is 11.5 Å². The number of amides is 15. The topological polar surface area (TPSA) is 522 Å². The van der Waals surface area contributed by atoms with Crippen molar-refractivity contribution in [3.63, 3.8) is 0 Å². The van der Waals surface area contributed by atoms with Crippen LogP contribution in [0.2, 0.25) is 0 Å². The largest absolute Gasteiger partial charge is 0.508 e. The number of nitrogens with two attached hydrogens (primary N) is 1. The molecule has 36 nitrogen and oxygen atoms in total. The van der Waals surface area contributed by atoms with Crippen molar-refractivity contribution in [2.24, 2.45) is 11.7 Å². The second-order valence-electron chi connectivity index (χ2n) is 32.1. The van der Waals surface area contributed by atoms with Gasteiger partial charge in [0.05, 0.1) is 31.0 Å². The van der Waals surface area contributed by atoms with E-state index in [9.17, 15) is 63.6 Å². The van der Waals surface area contributed by atoms with Crippen molar-refractivity contribution in [3.8, 4) is 11.5 Å². The van der Waals surface area contributed by atoms with E-state index < -0.39 is 230 Å². The summed E-state index contributed by atoms with van der Waals surface area (Å²) in [5.74, 6) is -20.0. The van der Waals surface area contributed by atoms with Crippen LogP contribution in [-0.2, 0) is 120 Å². The standard InChI is InChI=1S/C91H109N15O21S2/c1-8-9-28-69-89(125)102(4)47-75(110)95-65(45-79(115)116)85(121)101-80(52(2)3)91(127)104(6)71(40-54-23-15-11-16-24-54)86(122)99-67-42-57-32-35-60(108)44-70(57)106(88(67)124)48-76(111)94-64(43-58-49-129-73-29-20-19-27-61(58)73)84(120)98-63(38-56-30-33-59(107)34-31-56)83(119)97-62(36-37-78(113)114)82(118)100-68(81(117)93-46-74(92)109)50-128-51-77(112)96-66(39-53-21-13-10-14-22-53)87(123)105(7)72(90(126)103(69)5)41-55-25-17-12-18-26-55/h10-27,29-35,44,49,52,62-69,71-72,80,107-108H,8-9,28,36-43,45-48,50-51H2,1-7H3,(H2,92,109)(H,93,117)(H,94,111)(H,95,110)(H,96,112)(H,97,119)(H,98,120)(H,99,122)(H,100,118)(H,101,121)(H,113,114)(H,115,116)/t62-,63-,64-,65-,66-,67-,68-,69-,71-,72-,80-/m0/s1. The molecule has 0 unspecified atom stereocenters. The Labute approximate surface area is 753 Å². The number of carboxylic acid groups (broad SMARTS) is 2. The van der Waals surface area contributed by atoms with E-state index in [1.165, 1.54) is 82.0 Å². The number of rotatable bonds is 22. The van der Waals surface area contributed by atoms with Crippen molar-refractivity contribution < 1.29 is 102 Å². The Kier molecular flexibility index (Phi) is 36.2. The van der Waals surface area contributed by atoms with Gasteiger partial charge in [-0.1, -0.05) is 161 Å². The number of phenols is 2. The van der Waals surface area contributed by atoms with Crippen LogP contribution in [0.25, 0.3) is 10.1 Å². The summed E-state index contributed by atoms with van der Waals surface area (Å²) in [7, 11) is 5.20. The molecule has 0 spiro atoms. The molecular formula is C91H109N15O21S2. The number of fused-ring (bicyclic) bond motifs is 5. The zero-order valence-electron chi connectivity index (χ0n) is 72.4. The van der Waals surface area contributed by atoms with E-state index in [4.69, 9.17) is 5.73 Å². The second kappa shape index (κ2) is 47.1. The van der Waals surface area contributed by atoms with Gasteiger partial charge in [0.25, 0.3) is 0 Å². The third-order valence-electron chi connectivity index (χ3n) is 22.1. The number of phenolic OH excluding ortho intramolecular Hbond substituents is 2. The fourth-order valence-electron chi connectivity index (χ4n) is 15.1. The fourth-order valence-corrected chi connectivity index (χ4v) is 16.9. The lowest BCUT2D eigenvalue weighted by atomic mass is 9.95. The monoisotopic (exact) mass is 1810 g/mol. The molecule has 38 heteroatoms. The summed E-state index contributed by atoms with van der Waals surface area (Å²) in [5, 5.41) is 67.3. The molecule has 1 fully saturated rings. The quantitative estimate of drug-likeness (QED) is 0.0460. The van der Waals surface area contributed by atoms with Gasteiger partial charge in [-0.2, -0.15) is 0 Å². The number of hydrogen-bond acceptors (Lipinski definition) is 21. The van der Waals surface area contributed by atoms with Crippen molar-refractivity contribution in [1.29, 1.82) is 0 Å². The van der Waals surface area contributed by atoms with Crippen molar-refractivity contribution in [2.45, 2.75) is 164 Å². The Morgan fingerprint density at radius 2 is 1.02 bits per heavy atom. The van der Waals surface area contributed by atoms with Gasteiger partial charge in [0.1, 0.15) is 84.5 Å². The molecular weight excluding hydrogens is 1700 g/mol. The number of unbranched alkanes of at least 4 members (excludes halogenated alkanes) is 1. The molecule has 0 radical (unpaired) electrons. The van der Waals surface area contributed by atoms with Gasteiger partial charge in [0.2, 0.25) is 88.6 Å². The first-order chi connectivity index (χ1) is 61.5. The lowest BCUT2D eigenvalue weighted by molar-refractivity contribution is -0.151. The molecule has 6 aromatic carbocycles. The van der Waals surface area contributed by atoms with Gasteiger partial charge in [0, 0.05) is 89.7 Å².